The van der Waals surface area contributed by atoms with Crippen molar-refractivity contribution in [2.75, 3.05) is 38.2 Å². The van der Waals surface area contributed by atoms with Crippen LogP contribution in [0.1, 0.15) is 17.3 Å². The Balaban J connectivity index is 0.00000200. The van der Waals surface area contributed by atoms with Gasteiger partial charge >= 0.3 is 0 Å². The van der Waals surface area contributed by atoms with Gasteiger partial charge < -0.3 is 22.5 Å². The maximum atomic E-state index is 11.8. The number of carbonyl (C=O) groups excluding carboxylic acids is 2. The normalized spacial score (nSPS) is 15.2. The molecule has 0 atom stereocenters. The van der Waals surface area contributed by atoms with Crippen LogP contribution in [0.3, 0.4) is 0 Å². The van der Waals surface area contributed by atoms with E-state index >= 15 is 0 Å². The molecular weight excluding hydrogens is 280 g/mol. The first-order chi connectivity index (χ1) is 9.15. The summed E-state index contributed by atoms with van der Waals surface area (Å²) in [6.45, 7) is 4.83. The number of nitrogens with zero attached hydrogens (tertiary/aromatic N) is 1. The second-order valence-corrected chi connectivity index (χ2v) is 4.57. The number of hydrogen-bond donors (Lipinski definition) is 1. The number of carbonyl (C=O) groups is 2. The van der Waals surface area contributed by atoms with Crippen molar-refractivity contribution in [1.82, 2.24) is 4.90 Å². The Morgan fingerprint density at radius 2 is 1.80 bits per heavy atom. The van der Waals surface area contributed by atoms with Crippen LogP contribution in [0.2, 0.25) is 0 Å². The quantitative estimate of drug-likeness (QED) is 0.664. The molecule has 1 aromatic rings. The predicted molar refractivity (Wildman–Crippen MR) is 72.3 cm³/mol. The maximum absolute atomic E-state index is 11.8. The molecule has 0 saturated carbocycles. The van der Waals surface area contributed by atoms with Crippen molar-refractivity contribution < 1.29 is 26.7 Å². The van der Waals surface area contributed by atoms with E-state index in [0.29, 0.717) is 31.0 Å². The van der Waals surface area contributed by atoms with Gasteiger partial charge in [-0.25, -0.2) is 0 Å². The Labute approximate surface area is 124 Å². The molecule has 1 heterocycles. The van der Waals surface area contributed by atoms with Crippen LogP contribution in [0.15, 0.2) is 24.3 Å². The molecule has 110 valence electrons. The van der Waals surface area contributed by atoms with E-state index in [9.17, 15) is 9.59 Å². The monoisotopic (exact) mass is 297 g/mol. The van der Waals surface area contributed by atoms with E-state index in [-0.39, 0.29) is 24.1 Å². The summed E-state index contributed by atoms with van der Waals surface area (Å²) in [6.07, 6.45) is 0. The topological polar surface area (TPSA) is 58.6 Å². The number of nitrogens with one attached hydrogen (secondary N) is 1. The number of hydrogen-bond acceptors (Lipinski definition) is 4. The summed E-state index contributed by atoms with van der Waals surface area (Å²) in [7, 11) is 0. The van der Waals surface area contributed by atoms with Crippen molar-refractivity contribution in [1.29, 1.82) is 0 Å². The largest absolute Gasteiger partial charge is 1.00 e. The van der Waals surface area contributed by atoms with E-state index in [1.807, 2.05) is 0 Å². The van der Waals surface area contributed by atoms with Crippen LogP contribution in [0.25, 0.3) is 0 Å². The van der Waals surface area contributed by atoms with E-state index in [2.05, 4.69) is 10.2 Å². The second-order valence-electron chi connectivity index (χ2n) is 4.57. The molecule has 0 aromatic heterocycles. The van der Waals surface area contributed by atoms with Crippen molar-refractivity contribution in [2.45, 2.75) is 6.92 Å². The summed E-state index contributed by atoms with van der Waals surface area (Å²) in [4.78, 5) is 25.0. The lowest BCUT2D eigenvalue weighted by atomic mass is 10.1. The number of morpholine rings is 1. The molecule has 1 aliphatic rings. The number of Topliss-reactive ketones (excluding diaryl/α,β-unsaturated/α-hetero) is 1. The van der Waals surface area contributed by atoms with Gasteiger partial charge in [-0.1, -0.05) is 0 Å². The molecule has 0 bridgehead atoms. The minimum Gasteiger partial charge on any atom is -1.00 e. The molecule has 0 spiro atoms. The first kappa shape index (κ1) is 16.6. The molecule has 1 N–H and O–H groups in total. The fraction of sp³-hybridized carbons (Fsp3) is 0.429. The van der Waals surface area contributed by atoms with Gasteiger partial charge in [-0.15, -0.1) is 0 Å². The summed E-state index contributed by atoms with van der Waals surface area (Å²) < 4.78 is 5.23. The zero-order valence-electron chi connectivity index (χ0n) is 11.4. The van der Waals surface area contributed by atoms with Gasteiger partial charge in [0.1, 0.15) is 0 Å². The summed E-state index contributed by atoms with van der Waals surface area (Å²) in [5.74, 6) is -0.0244. The molecule has 0 unspecified atom stereocenters. The highest BCUT2D eigenvalue weighted by molar-refractivity contribution is 5.96. The van der Waals surface area contributed by atoms with Crippen LogP contribution < -0.4 is 17.7 Å². The molecular formula is C14H18ClN2O3-. The number of anilines is 1. The molecule has 1 fully saturated rings. The smallest absolute Gasteiger partial charge is 0.238 e. The summed E-state index contributed by atoms with van der Waals surface area (Å²) in [5, 5.41) is 2.82. The molecule has 2 rings (SSSR count). The second kappa shape index (κ2) is 7.99. The number of rotatable bonds is 4. The fourth-order valence-corrected chi connectivity index (χ4v) is 1.95. The average Bonchev–Trinajstić information content (AvgIpc) is 2.40. The van der Waals surface area contributed by atoms with Crippen molar-refractivity contribution in [3.05, 3.63) is 29.8 Å². The molecule has 1 aliphatic heterocycles. The van der Waals surface area contributed by atoms with Gasteiger partial charge in [-0.3, -0.25) is 14.5 Å². The van der Waals surface area contributed by atoms with E-state index in [4.69, 9.17) is 4.74 Å². The Morgan fingerprint density at radius 1 is 1.20 bits per heavy atom. The van der Waals surface area contributed by atoms with Gasteiger partial charge in [0.15, 0.2) is 5.78 Å². The van der Waals surface area contributed by atoms with Crippen molar-refractivity contribution >= 4 is 17.4 Å². The standard InChI is InChI=1S/C14H18N2O3.ClH/c1-11(17)12-2-4-13(5-3-12)15-14(18)10-16-6-8-19-9-7-16;/h2-5H,6-10H2,1H3,(H,15,18);1H/p-1. The Morgan fingerprint density at radius 3 is 2.35 bits per heavy atom. The molecule has 1 amide bonds. The van der Waals surface area contributed by atoms with Gasteiger partial charge in [0.25, 0.3) is 0 Å². The number of ether oxygens (including phenoxy) is 1. The van der Waals surface area contributed by atoms with Gasteiger partial charge in [-0.2, -0.15) is 0 Å². The minimum absolute atomic E-state index is 0. The Kier molecular flexibility index (Phi) is 6.64. The van der Waals surface area contributed by atoms with Crippen LogP contribution in [-0.4, -0.2) is 49.4 Å². The van der Waals surface area contributed by atoms with Crippen LogP contribution in [0, 0.1) is 0 Å². The molecule has 20 heavy (non-hydrogen) atoms. The van der Waals surface area contributed by atoms with Gasteiger partial charge in [0, 0.05) is 24.3 Å². The van der Waals surface area contributed by atoms with Crippen molar-refractivity contribution in [3.63, 3.8) is 0 Å². The third-order valence-electron chi connectivity index (χ3n) is 3.05. The van der Waals surface area contributed by atoms with Crippen LogP contribution in [-0.2, 0) is 9.53 Å². The summed E-state index contributed by atoms with van der Waals surface area (Å²) in [6, 6.07) is 6.92. The average molecular weight is 298 g/mol. The fourth-order valence-electron chi connectivity index (χ4n) is 1.95. The van der Waals surface area contributed by atoms with Crippen molar-refractivity contribution in [2.24, 2.45) is 0 Å². The number of ketones is 1. The number of benzene rings is 1. The lowest BCUT2D eigenvalue weighted by Gasteiger charge is -2.25. The minimum atomic E-state index is -0.0440. The highest BCUT2D eigenvalue weighted by atomic mass is 35.5. The van der Waals surface area contributed by atoms with Crippen LogP contribution in [0.4, 0.5) is 5.69 Å². The summed E-state index contributed by atoms with van der Waals surface area (Å²) >= 11 is 0. The van der Waals surface area contributed by atoms with Gasteiger partial charge in [-0.05, 0) is 31.2 Å². The Bertz CT molecular complexity index is 456. The predicted octanol–water partition coefficient (Wildman–Crippen LogP) is -1.84. The first-order valence-corrected chi connectivity index (χ1v) is 6.36. The Hall–Kier alpha value is -1.43. The lowest BCUT2D eigenvalue weighted by molar-refractivity contribution is -0.118. The molecule has 6 heteroatoms. The zero-order valence-corrected chi connectivity index (χ0v) is 12.2. The molecule has 0 aliphatic carbocycles. The lowest BCUT2D eigenvalue weighted by Crippen LogP contribution is -3.00. The number of amides is 1. The van der Waals surface area contributed by atoms with Crippen LogP contribution >= 0.6 is 0 Å². The zero-order chi connectivity index (χ0) is 13.7. The molecule has 0 radical (unpaired) electrons. The van der Waals surface area contributed by atoms with E-state index in [1.54, 1.807) is 24.3 Å². The third-order valence-corrected chi connectivity index (χ3v) is 3.05. The highest BCUT2D eigenvalue weighted by Crippen LogP contribution is 2.10. The van der Waals surface area contributed by atoms with E-state index in [1.165, 1.54) is 6.92 Å². The molecule has 1 saturated heterocycles. The van der Waals surface area contributed by atoms with Gasteiger partial charge in [0.2, 0.25) is 5.91 Å². The maximum Gasteiger partial charge on any atom is 0.238 e. The van der Waals surface area contributed by atoms with Crippen molar-refractivity contribution in [3.8, 4) is 0 Å². The SMILES string of the molecule is CC(=O)c1ccc(NC(=O)CN2CCOCC2)cc1.[Cl-]. The van der Waals surface area contributed by atoms with E-state index < -0.39 is 0 Å². The third kappa shape index (κ3) is 4.92. The van der Waals surface area contributed by atoms with Gasteiger partial charge in [0.05, 0.1) is 19.8 Å². The highest BCUT2D eigenvalue weighted by Gasteiger charge is 2.14. The van der Waals surface area contributed by atoms with Crippen LogP contribution in [0.5, 0.6) is 0 Å². The number of halogens is 1. The first-order valence-electron chi connectivity index (χ1n) is 6.36. The van der Waals surface area contributed by atoms with E-state index in [0.717, 1.165) is 13.1 Å². The summed E-state index contributed by atoms with van der Waals surface area (Å²) in [5.41, 5.74) is 1.36. The molecule has 5 nitrogen and oxygen atoms in total. The molecule has 1 aromatic carbocycles.